The van der Waals surface area contributed by atoms with Crippen LogP contribution in [0.3, 0.4) is 0 Å². The number of benzene rings is 1. The minimum absolute atomic E-state index is 0.262. The molecule has 1 rings (SSSR count). The van der Waals surface area contributed by atoms with E-state index in [4.69, 9.17) is 10.5 Å². The highest BCUT2D eigenvalue weighted by molar-refractivity contribution is 9.10. The summed E-state index contributed by atoms with van der Waals surface area (Å²) in [6.45, 7) is 2.22. The molecule has 0 saturated heterocycles. The summed E-state index contributed by atoms with van der Waals surface area (Å²) >= 11 is 3.41. The maximum Gasteiger partial charge on any atom is 0.318 e. The lowest BCUT2D eigenvalue weighted by Gasteiger charge is -2.14. The second kappa shape index (κ2) is 7.10. The van der Waals surface area contributed by atoms with Crippen molar-refractivity contribution in [2.24, 2.45) is 5.73 Å². The summed E-state index contributed by atoms with van der Waals surface area (Å²) in [5, 5.41) is 4.97. The number of halogens is 1. The zero-order valence-corrected chi connectivity index (χ0v) is 12.3. The minimum Gasteiger partial charge on any atom is -0.483 e. The van der Waals surface area contributed by atoms with Gasteiger partial charge in [0.25, 0.3) is 5.91 Å². The summed E-state index contributed by atoms with van der Waals surface area (Å²) < 4.78 is 6.39. The molecule has 4 N–H and O–H groups in total. The van der Waals surface area contributed by atoms with Crippen LogP contribution in [0.25, 0.3) is 0 Å². The average molecular weight is 330 g/mol. The lowest BCUT2D eigenvalue weighted by molar-refractivity contribution is -0.121. The molecule has 104 valence electrons. The number of rotatable bonds is 5. The van der Waals surface area contributed by atoms with Crippen LogP contribution in [0.2, 0.25) is 0 Å². The van der Waals surface area contributed by atoms with Crippen LogP contribution in [0, 0.1) is 6.92 Å². The number of hydrogen-bond acceptors (Lipinski definition) is 4. The molecule has 0 aliphatic rings. The Hall–Kier alpha value is -1.60. The van der Waals surface area contributed by atoms with Gasteiger partial charge in [0.15, 0.2) is 6.61 Å². The molecule has 7 heteroatoms. The Kier molecular flexibility index (Phi) is 5.78. The number of amides is 3. The van der Waals surface area contributed by atoms with Crippen molar-refractivity contribution >= 4 is 27.9 Å². The van der Waals surface area contributed by atoms with Crippen LogP contribution < -0.4 is 21.1 Å². The summed E-state index contributed by atoms with van der Waals surface area (Å²) in [4.78, 5) is 21.8. The van der Waals surface area contributed by atoms with Crippen LogP contribution in [0.1, 0.15) is 11.1 Å². The van der Waals surface area contributed by atoms with Crippen LogP contribution in [0.15, 0.2) is 16.6 Å². The topological polar surface area (TPSA) is 93.4 Å². The molecule has 6 nitrogen and oxygen atoms in total. The largest absolute Gasteiger partial charge is 0.483 e. The van der Waals surface area contributed by atoms with E-state index >= 15 is 0 Å². The Bertz CT molecular complexity index is 491. The number of imide groups is 1. The molecule has 0 atom stereocenters. The van der Waals surface area contributed by atoms with Gasteiger partial charge in [-0.15, -0.1) is 0 Å². The highest BCUT2D eigenvalue weighted by atomic mass is 79.9. The first-order valence-corrected chi connectivity index (χ1v) is 6.39. The number of ether oxygens (including phenoxy) is 1. The fraction of sp³-hybridized carbons (Fsp3) is 0.333. The standard InChI is InChI=1S/C12H16BrN3O3/c1-7-3-9(13)4-8(5-15-2)11(7)19-6-10(17)16-12(14)18/h3-4,15H,5-6H2,1-2H3,(H3,14,16,17,18). The Morgan fingerprint density at radius 1 is 1.42 bits per heavy atom. The third-order valence-electron chi connectivity index (χ3n) is 2.29. The number of carbonyl (C=O) groups is 2. The molecule has 0 saturated carbocycles. The molecule has 0 fully saturated rings. The zero-order chi connectivity index (χ0) is 14.4. The maximum absolute atomic E-state index is 11.3. The first-order chi connectivity index (χ1) is 8.93. The molecule has 1 aromatic rings. The minimum atomic E-state index is -0.892. The van der Waals surface area contributed by atoms with Gasteiger partial charge in [-0.1, -0.05) is 15.9 Å². The second-order valence-corrected chi connectivity index (χ2v) is 4.86. The van der Waals surface area contributed by atoms with Gasteiger partial charge in [-0.05, 0) is 31.7 Å². The number of nitrogens with two attached hydrogens (primary N) is 1. The van der Waals surface area contributed by atoms with Crippen molar-refractivity contribution in [1.29, 1.82) is 0 Å². The van der Waals surface area contributed by atoms with Gasteiger partial charge in [0.1, 0.15) is 5.75 Å². The first kappa shape index (κ1) is 15.5. The predicted octanol–water partition coefficient (Wildman–Crippen LogP) is 1.05. The maximum atomic E-state index is 11.3. The quantitative estimate of drug-likeness (QED) is 0.752. The van der Waals surface area contributed by atoms with Crippen LogP contribution in [0.4, 0.5) is 4.79 Å². The number of urea groups is 1. The van der Waals surface area contributed by atoms with Gasteiger partial charge in [0.05, 0.1) is 0 Å². The number of aryl methyl sites for hydroxylation is 1. The lowest BCUT2D eigenvalue weighted by Crippen LogP contribution is -2.38. The molecule has 0 spiro atoms. The van der Waals surface area contributed by atoms with E-state index in [2.05, 4.69) is 21.2 Å². The predicted molar refractivity (Wildman–Crippen MR) is 74.9 cm³/mol. The van der Waals surface area contributed by atoms with E-state index in [-0.39, 0.29) is 6.61 Å². The summed E-state index contributed by atoms with van der Waals surface area (Å²) in [6.07, 6.45) is 0. The molecule has 0 unspecified atom stereocenters. The van der Waals surface area contributed by atoms with Crippen molar-refractivity contribution in [2.75, 3.05) is 13.7 Å². The first-order valence-electron chi connectivity index (χ1n) is 5.59. The van der Waals surface area contributed by atoms with Gasteiger partial charge in [0.2, 0.25) is 0 Å². The van der Waals surface area contributed by atoms with E-state index in [1.165, 1.54) is 0 Å². The van der Waals surface area contributed by atoms with E-state index in [1.807, 2.05) is 31.4 Å². The van der Waals surface area contributed by atoms with Gasteiger partial charge in [0, 0.05) is 16.6 Å². The van der Waals surface area contributed by atoms with E-state index in [9.17, 15) is 9.59 Å². The van der Waals surface area contributed by atoms with Crippen molar-refractivity contribution in [2.45, 2.75) is 13.5 Å². The van der Waals surface area contributed by atoms with Crippen LogP contribution in [-0.4, -0.2) is 25.6 Å². The Morgan fingerprint density at radius 2 is 2.11 bits per heavy atom. The third-order valence-corrected chi connectivity index (χ3v) is 2.75. The van der Waals surface area contributed by atoms with Crippen molar-refractivity contribution in [3.05, 3.63) is 27.7 Å². The van der Waals surface area contributed by atoms with Crippen molar-refractivity contribution in [1.82, 2.24) is 10.6 Å². The van der Waals surface area contributed by atoms with E-state index < -0.39 is 11.9 Å². The summed E-state index contributed by atoms with van der Waals surface area (Å²) in [5.41, 5.74) is 6.66. The SMILES string of the molecule is CNCc1cc(Br)cc(C)c1OCC(=O)NC(N)=O. The molecule has 0 heterocycles. The molecule has 0 aliphatic carbocycles. The Balaban J connectivity index is 2.81. The number of hydrogen-bond donors (Lipinski definition) is 3. The van der Waals surface area contributed by atoms with Crippen molar-refractivity contribution in [3.8, 4) is 5.75 Å². The van der Waals surface area contributed by atoms with Crippen molar-refractivity contribution < 1.29 is 14.3 Å². The van der Waals surface area contributed by atoms with E-state index in [0.717, 1.165) is 15.6 Å². The molecule has 1 aromatic carbocycles. The van der Waals surface area contributed by atoms with Gasteiger partial charge in [-0.3, -0.25) is 10.1 Å². The highest BCUT2D eigenvalue weighted by Gasteiger charge is 2.11. The van der Waals surface area contributed by atoms with Crippen molar-refractivity contribution in [3.63, 3.8) is 0 Å². The molecular formula is C12H16BrN3O3. The lowest BCUT2D eigenvalue weighted by atomic mass is 10.1. The fourth-order valence-electron chi connectivity index (χ4n) is 1.64. The number of carbonyl (C=O) groups excluding carboxylic acids is 2. The number of primary amides is 1. The molecule has 19 heavy (non-hydrogen) atoms. The van der Waals surface area contributed by atoms with Crippen LogP contribution >= 0.6 is 15.9 Å². The summed E-state index contributed by atoms with van der Waals surface area (Å²) in [6, 6.07) is 2.90. The fourth-order valence-corrected chi connectivity index (χ4v) is 2.26. The third kappa shape index (κ3) is 4.88. The summed E-state index contributed by atoms with van der Waals surface area (Å²) in [7, 11) is 1.82. The molecular weight excluding hydrogens is 314 g/mol. The van der Waals surface area contributed by atoms with Crippen LogP contribution in [-0.2, 0) is 11.3 Å². The van der Waals surface area contributed by atoms with Gasteiger partial charge in [-0.25, -0.2) is 4.79 Å². The van der Waals surface area contributed by atoms with Gasteiger partial charge in [-0.2, -0.15) is 0 Å². The normalized spacial score (nSPS) is 10.1. The highest BCUT2D eigenvalue weighted by Crippen LogP contribution is 2.28. The molecule has 3 amide bonds. The van der Waals surface area contributed by atoms with Gasteiger partial charge < -0.3 is 15.8 Å². The Morgan fingerprint density at radius 3 is 2.68 bits per heavy atom. The zero-order valence-electron chi connectivity index (χ0n) is 10.7. The van der Waals surface area contributed by atoms with E-state index in [0.29, 0.717) is 12.3 Å². The number of nitrogens with one attached hydrogen (secondary N) is 2. The smallest absolute Gasteiger partial charge is 0.318 e. The average Bonchev–Trinajstić information content (AvgIpc) is 2.26. The monoisotopic (exact) mass is 329 g/mol. The molecule has 0 aliphatic heterocycles. The summed E-state index contributed by atoms with van der Waals surface area (Å²) in [5.74, 6) is 0.0439. The molecule has 0 bridgehead atoms. The van der Waals surface area contributed by atoms with Crippen LogP contribution in [0.5, 0.6) is 5.75 Å². The van der Waals surface area contributed by atoms with Gasteiger partial charge >= 0.3 is 6.03 Å². The second-order valence-electron chi connectivity index (χ2n) is 3.94. The molecule has 0 radical (unpaired) electrons. The Labute approximate surface area is 119 Å². The van der Waals surface area contributed by atoms with E-state index in [1.54, 1.807) is 0 Å². The molecule has 0 aromatic heterocycles.